The molecule has 14 aromatic rings. The second kappa shape index (κ2) is 19.5. The molecule has 16 rings (SSSR count). The Morgan fingerprint density at radius 2 is 0.683 bits per heavy atom. The van der Waals surface area contributed by atoms with Gasteiger partial charge >= 0.3 is 0 Å². The van der Waals surface area contributed by atoms with Crippen LogP contribution in [0.1, 0.15) is 0 Å². The Morgan fingerprint density at radius 1 is 0.256 bits per heavy atom. The Kier molecular flexibility index (Phi) is 11.2. The summed E-state index contributed by atoms with van der Waals surface area (Å²) in [5, 5.41) is 2.39. The average Bonchev–Trinajstić information content (AvgIpc) is 3.76. The monoisotopic (exact) mass is 1040 g/mol. The SMILES string of the molecule is c1ccc(-c2ccc3c(c2)c2ccccc2n3-c2ccc(-c3nc(-c4ccccc4)nc(-c4ccccc4)n3)cc2-c2ccc(-c3ccc(N4c5ccccc5B5c6ccccc6N(c6ccccc6)c6cccc4c65)cc3)cc2)cc1. The van der Waals surface area contributed by atoms with E-state index in [1.807, 2.05) is 36.4 Å². The van der Waals surface area contributed by atoms with Crippen LogP contribution in [0.5, 0.6) is 0 Å². The fraction of sp³-hybridized carbons (Fsp3) is 0. The average molecular weight is 1050 g/mol. The van der Waals surface area contributed by atoms with Crippen molar-refractivity contribution in [1.29, 1.82) is 0 Å². The third-order valence-electron chi connectivity index (χ3n) is 16.5. The van der Waals surface area contributed by atoms with Gasteiger partial charge in [-0.3, -0.25) is 0 Å². The summed E-state index contributed by atoms with van der Waals surface area (Å²) in [5.41, 5.74) is 23.8. The van der Waals surface area contributed by atoms with E-state index in [1.165, 1.54) is 61.0 Å². The molecule has 0 radical (unpaired) electrons. The van der Waals surface area contributed by atoms with Crippen LogP contribution in [-0.2, 0) is 0 Å². The van der Waals surface area contributed by atoms with Crippen LogP contribution in [0, 0.1) is 0 Å². The lowest BCUT2D eigenvalue weighted by Gasteiger charge is -2.44. The highest BCUT2D eigenvalue weighted by molar-refractivity contribution is 7.00. The molecule has 4 heterocycles. The molecule has 82 heavy (non-hydrogen) atoms. The molecular weight excluding hydrogens is 996 g/mol. The summed E-state index contributed by atoms with van der Waals surface area (Å²) in [6.07, 6.45) is 0. The Hall–Kier alpha value is -10.9. The molecule has 0 amide bonds. The van der Waals surface area contributed by atoms with Crippen molar-refractivity contribution in [3.8, 4) is 73.2 Å². The smallest absolute Gasteiger partial charge is 0.252 e. The minimum atomic E-state index is 0.0898. The normalized spacial score (nSPS) is 12.3. The van der Waals surface area contributed by atoms with E-state index in [0.29, 0.717) is 17.5 Å². The zero-order chi connectivity index (χ0) is 54.1. The molecule has 6 nitrogen and oxygen atoms in total. The maximum atomic E-state index is 5.19. The van der Waals surface area contributed by atoms with E-state index in [2.05, 4.69) is 275 Å². The molecule has 382 valence electrons. The van der Waals surface area contributed by atoms with Crippen molar-refractivity contribution in [2.24, 2.45) is 0 Å². The van der Waals surface area contributed by atoms with Crippen LogP contribution in [0.4, 0.5) is 34.1 Å². The number of fused-ring (bicyclic) bond motifs is 7. The molecular formula is C75H49BN6. The standard InChI is InChI=1S/C75H49BN6/c1-5-20-50(21-6-1)56-42-46-67-62(48-56)60-28-13-16-31-65(60)82(67)66-47-43-57(75-78-73(54-22-7-2-8-23-54)77-74(79-75)55-24-9-3-10-25-55)49-61(66)53-38-36-51(37-39-53)52-40-44-59(45-41-52)81-69-33-18-15-30-64(69)76-63-29-14-17-32-68(63)80(58-26-11-4-12-27-58)70-34-19-35-71(81)72(70)76/h1-49H. The van der Waals surface area contributed by atoms with Gasteiger partial charge in [-0.05, 0) is 129 Å². The molecule has 0 spiro atoms. The highest BCUT2D eigenvalue weighted by atomic mass is 15.2. The van der Waals surface area contributed by atoms with E-state index in [0.717, 1.165) is 67.0 Å². The Balaban J connectivity index is 0.814. The molecule has 12 aromatic carbocycles. The summed E-state index contributed by atoms with van der Waals surface area (Å²) in [7, 11) is 0. The maximum absolute atomic E-state index is 5.19. The summed E-state index contributed by atoms with van der Waals surface area (Å²) >= 11 is 0. The van der Waals surface area contributed by atoms with Gasteiger partial charge in [0.2, 0.25) is 0 Å². The first kappa shape index (κ1) is 47.1. The van der Waals surface area contributed by atoms with E-state index in [9.17, 15) is 0 Å². The van der Waals surface area contributed by atoms with Gasteiger partial charge in [0, 0.05) is 67.2 Å². The lowest BCUT2D eigenvalue weighted by Crippen LogP contribution is -2.61. The van der Waals surface area contributed by atoms with Crippen molar-refractivity contribution < 1.29 is 0 Å². The quantitative estimate of drug-likeness (QED) is 0.135. The Labute approximate surface area is 476 Å². The fourth-order valence-corrected chi connectivity index (χ4v) is 12.7. The lowest BCUT2D eigenvalue weighted by atomic mass is 9.33. The summed E-state index contributed by atoms with van der Waals surface area (Å²) in [5.74, 6) is 1.85. The number of aromatic nitrogens is 4. The van der Waals surface area contributed by atoms with Gasteiger partial charge in [0.15, 0.2) is 17.5 Å². The van der Waals surface area contributed by atoms with E-state index in [1.54, 1.807) is 0 Å². The molecule has 0 atom stereocenters. The topological polar surface area (TPSA) is 50.1 Å². The van der Waals surface area contributed by atoms with Gasteiger partial charge in [0.1, 0.15) is 0 Å². The van der Waals surface area contributed by atoms with E-state index < -0.39 is 0 Å². The summed E-state index contributed by atoms with van der Waals surface area (Å²) < 4.78 is 2.42. The van der Waals surface area contributed by atoms with Crippen molar-refractivity contribution in [2.75, 3.05) is 9.80 Å². The zero-order valence-electron chi connectivity index (χ0n) is 44.6. The maximum Gasteiger partial charge on any atom is 0.252 e. The molecule has 0 saturated carbocycles. The molecule has 2 aliphatic heterocycles. The number of nitrogens with zero attached hydrogens (tertiary/aromatic N) is 6. The molecule has 7 heteroatoms. The first-order chi connectivity index (χ1) is 40.7. The number of hydrogen-bond acceptors (Lipinski definition) is 5. The second-order valence-corrected chi connectivity index (χ2v) is 21.1. The van der Waals surface area contributed by atoms with Gasteiger partial charge < -0.3 is 14.4 Å². The van der Waals surface area contributed by atoms with Gasteiger partial charge in [-0.15, -0.1) is 0 Å². The third-order valence-corrected chi connectivity index (χ3v) is 16.5. The molecule has 0 N–H and O–H groups in total. The van der Waals surface area contributed by atoms with Crippen LogP contribution in [-0.4, -0.2) is 26.2 Å². The molecule has 0 saturated heterocycles. The first-order valence-electron chi connectivity index (χ1n) is 28.0. The number of anilines is 6. The van der Waals surface area contributed by atoms with E-state index in [4.69, 9.17) is 15.0 Å². The van der Waals surface area contributed by atoms with Crippen LogP contribution >= 0.6 is 0 Å². The van der Waals surface area contributed by atoms with Gasteiger partial charge in [-0.2, -0.15) is 0 Å². The van der Waals surface area contributed by atoms with Crippen LogP contribution in [0.2, 0.25) is 0 Å². The first-order valence-corrected chi connectivity index (χ1v) is 28.0. The minimum absolute atomic E-state index is 0.0898. The summed E-state index contributed by atoms with van der Waals surface area (Å²) in [4.78, 5) is 20.3. The van der Waals surface area contributed by atoms with Crippen molar-refractivity contribution in [2.45, 2.75) is 0 Å². The van der Waals surface area contributed by atoms with Crippen molar-refractivity contribution in [3.05, 3.63) is 297 Å². The van der Waals surface area contributed by atoms with Crippen molar-refractivity contribution in [1.82, 2.24) is 19.5 Å². The summed E-state index contributed by atoms with van der Waals surface area (Å²) in [6, 6.07) is 107. The lowest BCUT2D eigenvalue weighted by molar-refractivity contribution is 1.07. The molecule has 2 aromatic heterocycles. The highest BCUT2D eigenvalue weighted by Gasteiger charge is 2.42. The largest absolute Gasteiger partial charge is 0.311 e. The number of rotatable bonds is 9. The highest BCUT2D eigenvalue weighted by Crippen LogP contribution is 2.45. The zero-order valence-corrected chi connectivity index (χ0v) is 44.6. The molecule has 2 aliphatic rings. The van der Waals surface area contributed by atoms with Gasteiger partial charge in [-0.1, -0.05) is 212 Å². The molecule has 0 fully saturated rings. The Bertz CT molecular complexity index is 4680. The van der Waals surface area contributed by atoms with Crippen LogP contribution in [0.3, 0.4) is 0 Å². The number of para-hydroxylation sites is 4. The number of benzene rings is 12. The van der Waals surface area contributed by atoms with Gasteiger partial charge in [0.05, 0.1) is 16.7 Å². The minimum Gasteiger partial charge on any atom is -0.311 e. The van der Waals surface area contributed by atoms with Crippen LogP contribution in [0.25, 0.3) is 95.0 Å². The molecule has 0 aliphatic carbocycles. The van der Waals surface area contributed by atoms with Crippen LogP contribution < -0.4 is 26.2 Å². The van der Waals surface area contributed by atoms with E-state index in [-0.39, 0.29) is 6.71 Å². The van der Waals surface area contributed by atoms with Crippen molar-refractivity contribution >= 4 is 79.0 Å². The molecule has 0 bridgehead atoms. The molecule has 0 unspecified atom stereocenters. The summed E-state index contributed by atoms with van der Waals surface area (Å²) in [6.45, 7) is 0.0898. The predicted molar refractivity (Wildman–Crippen MR) is 341 cm³/mol. The number of hydrogen-bond donors (Lipinski definition) is 0. The van der Waals surface area contributed by atoms with E-state index >= 15 is 0 Å². The van der Waals surface area contributed by atoms with Gasteiger partial charge in [0.25, 0.3) is 6.71 Å². The van der Waals surface area contributed by atoms with Crippen molar-refractivity contribution in [3.63, 3.8) is 0 Å². The Morgan fingerprint density at radius 3 is 1.29 bits per heavy atom. The second-order valence-electron chi connectivity index (χ2n) is 21.1. The van der Waals surface area contributed by atoms with Crippen LogP contribution in [0.15, 0.2) is 297 Å². The predicted octanol–water partition coefficient (Wildman–Crippen LogP) is 17.1. The third kappa shape index (κ3) is 7.85. The fourth-order valence-electron chi connectivity index (χ4n) is 12.7. The van der Waals surface area contributed by atoms with Gasteiger partial charge in [-0.25, -0.2) is 15.0 Å².